The summed E-state index contributed by atoms with van der Waals surface area (Å²) in [7, 11) is 0. The van der Waals surface area contributed by atoms with E-state index in [0.29, 0.717) is 5.52 Å². The summed E-state index contributed by atoms with van der Waals surface area (Å²) in [5, 5.41) is 0. The summed E-state index contributed by atoms with van der Waals surface area (Å²) in [4.78, 5) is 4.26. The van der Waals surface area contributed by atoms with Crippen LogP contribution in [0, 0.1) is 5.82 Å². The fraction of sp³-hybridized carbons (Fsp3) is 0.350. The monoisotopic (exact) mass is 340 g/mol. The summed E-state index contributed by atoms with van der Waals surface area (Å²) >= 11 is 0. The van der Waals surface area contributed by atoms with Crippen LogP contribution >= 0.6 is 0 Å². The van der Waals surface area contributed by atoms with Crippen LogP contribution < -0.4 is 4.74 Å². The molecule has 0 aliphatic carbocycles. The molecule has 130 valence electrons. The quantitative estimate of drug-likeness (QED) is 0.694. The minimum atomic E-state index is -0.254. The maximum atomic E-state index is 13.2. The van der Waals surface area contributed by atoms with Gasteiger partial charge in [0, 0.05) is 19.0 Å². The Morgan fingerprint density at radius 3 is 2.84 bits per heavy atom. The number of ether oxygens (including phenoxy) is 2. The molecule has 0 radical (unpaired) electrons. The van der Waals surface area contributed by atoms with Crippen LogP contribution in [0.1, 0.15) is 24.8 Å². The summed E-state index contributed by atoms with van der Waals surface area (Å²) in [6.45, 7) is 1.58. The van der Waals surface area contributed by atoms with E-state index >= 15 is 0 Å². The van der Waals surface area contributed by atoms with Gasteiger partial charge in [-0.3, -0.25) is 0 Å². The number of fused-ring (bicyclic) bond motifs is 1. The van der Waals surface area contributed by atoms with Crippen LogP contribution in [0.5, 0.6) is 5.75 Å². The van der Waals surface area contributed by atoms with Crippen molar-refractivity contribution in [3.8, 4) is 5.75 Å². The third-order valence-electron chi connectivity index (χ3n) is 4.55. The molecule has 4 nitrogen and oxygen atoms in total. The first-order chi connectivity index (χ1) is 12.3. The Balaban J connectivity index is 1.37. The number of halogens is 1. The zero-order chi connectivity index (χ0) is 17.1. The molecule has 2 heterocycles. The van der Waals surface area contributed by atoms with E-state index in [1.807, 2.05) is 12.1 Å². The molecule has 2 aromatic carbocycles. The highest BCUT2D eigenvalue weighted by Gasteiger charge is 2.15. The zero-order valence-electron chi connectivity index (χ0n) is 14.0. The number of rotatable bonds is 5. The van der Waals surface area contributed by atoms with E-state index < -0.39 is 0 Å². The third kappa shape index (κ3) is 3.82. The topological polar surface area (TPSA) is 36.3 Å². The first-order valence-electron chi connectivity index (χ1n) is 8.75. The molecule has 25 heavy (non-hydrogen) atoms. The van der Waals surface area contributed by atoms with Gasteiger partial charge in [-0.2, -0.15) is 0 Å². The van der Waals surface area contributed by atoms with Gasteiger partial charge in [-0.15, -0.1) is 0 Å². The van der Waals surface area contributed by atoms with Gasteiger partial charge in [0.2, 0.25) is 0 Å². The fourth-order valence-corrected chi connectivity index (χ4v) is 3.16. The van der Waals surface area contributed by atoms with Gasteiger partial charge in [-0.1, -0.05) is 12.1 Å². The van der Waals surface area contributed by atoms with E-state index in [-0.39, 0.29) is 12.1 Å². The molecule has 1 aliphatic rings. The normalized spacial score (nSPS) is 17.7. The van der Waals surface area contributed by atoms with Crippen molar-refractivity contribution in [2.45, 2.75) is 38.5 Å². The van der Waals surface area contributed by atoms with Gasteiger partial charge in [-0.05, 0) is 49.1 Å². The van der Waals surface area contributed by atoms with Gasteiger partial charge in [0.15, 0.2) is 6.29 Å². The molecule has 1 saturated heterocycles. The molecule has 1 aliphatic heterocycles. The van der Waals surface area contributed by atoms with Crippen molar-refractivity contribution >= 4 is 11.0 Å². The first-order valence-corrected chi connectivity index (χ1v) is 8.75. The van der Waals surface area contributed by atoms with Crippen LogP contribution in [0.3, 0.4) is 0 Å². The average molecular weight is 340 g/mol. The number of aryl methyl sites for hydroxylation is 2. The smallest absolute Gasteiger partial charge is 0.199 e. The van der Waals surface area contributed by atoms with Gasteiger partial charge in [0.1, 0.15) is 11.6 Å². The first kappa shape index (κ1) is 16.1. The molecule has 1 unspecified atom stereocenters. The highest BCUT2D eigenvalue weighted by atomic mass is 19.1. The van der Waals surface area contributed by atoms with Crippen LogP contribution in [-0.4, -0.2) is 22.4 Å². The molecule has 0 bridgehead atoms. The lowest BCUT2D eigenvalue weighted by Crippen LogP contribution is -2.24. The predicted molar refractivity (Wildman–Crippen MR) is 94.1 cm³/mol. The second-order valence-electron chi connectivity index (χ2n) is 6.38. The number of imidazole rings is 1. The zero-order valence-corrected chi connectivity index (χ0v) is 14.0. The van der Waals surface area contributed by atoms with E-state index in [4.69, 9.17) is 9.47 Å². The van der Waals surface area contributed by atoms with Crippen molar-refractivity contribution in [1.29, 1.82) is 0 Å². The molecule has 0 N–H and O–H groups in total. The molecule has 1 atom stereocenters. The van der Waals surface area contributed by atoms with Crippen molar-refractivity contribution in [1.82, 2.24) is 9.55 Å². The molecular weight excluding hydrogens is 319 g/mol. The minimum absolute atomic E-state index is 0.114. The van der Waals surface area contributed by atoms with E-state index in [1.165, 1.54) is 17.7 Å². The maximum Gasteiger partial charge on any atom is 0.199 e. The second kappa shape index (κ2) is 7.23. The fourth-order valence-electron chi connectivity index (χ4n) is 3.16. The van der Waals surface area contributed by atoms with Gasteiger partial charge in [0.05, 0.1) is 24.0 Å². The second-order valence-corrected chi connectivity index (χ2v) is 6.38. The number of hydrogen-bond donors (Lipinski definition) is 0. The number of hydrogen-bond acceptors (Lipinski definition) is 3. The molecule has 5 heteroatoms. The molecule has 0 saturated carbocycles. The van der Waals surface area contributed by atoms with Crippen LogP contribution in [0.4, 0.5) is 4.39 Å². The summed E-state index contributed by atoms with van der Waals surface area (Å²) in [6.07, 6.45) is 5.76. The average Bonchev–Trinajstić information content (AvgIpc) is 3.04. The number of aromatic nitrogens is 2. The van der Waals surface area contributed by atoms with E-state index in [9.17, 15) is 4.39 Å². The minimum Gasteiger partial charge on any atom is -0.465 e. The van der Waals surface area contributed by atoms with E-state index in [0.717, 1.165) is 50.1 Å². The summed E-state index contributed by atoms with van der Waals surface area (Å²) in [6, 6.07) is 12.9. The van der Waals surface area contributed by atoms with Crippen molar-refractivity contribution < 1.29 is 13.9 Å². The van der Waals surface area contributed by atoms with Gasteiger partial charge < -0.3 is 14.0 Å². The summed E-state index contributed by atoms with van der Waals surface area (Å²) in [5.74, 6) is 0.592. The largest absolute Gasteiger partial charge is 0.465 e. The van der Waals surface area contributed by atoms with Crippen LogP contribution in [0.2, 0.25) is 0 Å². The van der Waals surface area contributed by atoms with Crippen molar-refractivity contribution in [3.63, 3.8) is 0 Å². The van der Waals surface area contributed by atoms with Crippen LogP contribution in [-0.2, 0) is 17.7 Å². The van der Waals surface area contributed by atoms with Crippen molar-refractivity contribution in [2.75, 3.05) is 6.61 Å². The molecular formula is C20H21FN2O2. The molecule has 1 aromatic heterocycles. The molecule has 0 spiro atoms. The highest BCUT2D eigenvalue weighted by molar-refractivity contribution is 5.75. The van der Waals surface area contributed by atoms with Gasteiger partial charge >= 0.3 is 0 Å². The Kier molecular flexibility index (Phi) is 4.65. The standard InChI is InChI=1S/C20H21FN2O2/c21-16-6-9-19-18(13-16)22-14-23(19)11-10-15-4-7-17(8-5-15)25-20-3-1-2-12-24-20/h4-9,13-14,20H,1-3,10-12H2. The Labute approximate surface area is 146 Å². The van der Waals surface area contributed by atoms with Gasteiger partial charge in [-0.25, -0.2) is 9.37 Å². The Bertz CT molecular complexity index is 839. The maximum absolute atomic E-state index is 13.2. The Hall–Kier alpha value is -2.40. The van der Waals surface area contributed by atoms with Crippen LogP contribution in [0.15, 0.2) is 48.8 Å². The SMILES string of the molecule is Fc1ccc2c(c1)ncn2CCc1ccc(OC2CCCCO2)cc1. The highest BCUT2D eigenvalue weighted by Crippen LogP contribution is 2.20. The lowest BCUT2D eigenvalue weighted by Gasteiger charge is -2.23. The van der Waals surface area contributed by atoms with Gasteiger partial charge in [0.25, 0.3) is 0 Å². The lowest BCUT2D eigenvalue weighted by atomic mass is 10.1. The Morgan fingerprint density at radius 2 is 2.04 bits per heavy atom. The number of benzene rings is 2. The van der Waals surface area contributed by atoms with Crippen molar-refractivity contribution in [2.24, 2.45) is 0 Å². The van der Waals surface area contributed by atoms with Crippen molar-refractivity contribution in [3.05, 3.63) is 60.2 Å². The Morgan fingerprint density at radius 1 is 1.16 bits per heavy atom. The van der Waals surface area contributed by atoms with Crippen LogP contribution in [0.25, 0.3) is 11.0 Å². The molecule has 0 amide bonds. The molecule has 4 rings (SSSR count). The number of nitrogens with zero attached hydrogens (tertiary/aromatic N) is 2. The third-order valence-corrected chi connectivity index (χ3v) is 4.55. The summed E-state index contributed by atoms with van der Waals surface area (Å²) in [5.41, 5.74) is 2.87. The molecule has 3 aromatic rings. The lowest BCUT2D eigenvalue weighted by molar-refractivity contribution is -0.105. The van der Waals surface area contributed by atoms with E-state index in [1.54, 1.807) is 12.4 Å². The summed E-state index contributed by atoms with van der Waals surface area (Å²) < 4.78 is 26.7. The molecule has 1 fully saturated rings. The predicted octanol–water partition coefficient (Wildman–Crippen LogP) is 4.32. The van der Waals surface area contributed by atoms with E-state index in [2.05, 4.69) is 21.7 Å².